The highest BCUT2D eigenvalue weighted by atomic mass is 16.5. The van der Waals surface area contributed by atoms with Gasteiger partial charge in [-0.1, -0.05) is 0 Å². The Morgan fingerprint density at radius 2 is 2.11 bits per heavy atom. The van der Waals surface area contributed by atoms with Crippen molar-refractivity contribution in [3.63, 3.8) is 0 Å². The smallest absolute Gasteiger partial charge is 0.180 e. The minimum Gasteiger partial charge on any atom is -0.486 e. The van der Waals surface area contributed by atoms with Crippen LogP contribution in [0.2, 0.25) is 0 Å². The van der Waals surface area contributed by atoms with Crippen LogP contribution in [0.3, 0.4) is 0 Å². The van der Waals surface area contributed by atoms with Gasteiger partial charge < -0.3 is 4.74 Å². The number of ether oxygens (including phenoxy) is 1. The van der Waals surface area contributed by atoms with Gasteiger partial charge in [-0.2, -0.15) is 0 Å². The van der Waals surface area contributed by atoms with Crippen LogP contribution in [0.25, 0.3) is 0 Å². The minimum absolute atomic E-state index is 0.0484. The second kappa shape index (κ2) is 5.50. The maximum absolute atomic E-state index is 11.1. The first-order chi connectivity index (χ1) is 8.70. The molecule has 18 heavy (non-hydrogen) atoms. The average molecular weight is 248 g/mol. The summed E-state index contributed by atoms with van der Waals surface area (Å²) in [6.45, 7) is 4.71. The van der Waals surface area contributed by atoms with Crippen molar-refractivity contribution in [2.45, 2.75) is 13.8 Å². The molecule has 0 amide bonds. The fourth-order valence-electron chi connectivity index (χ4n) is 1.58. The van der Waals surface area contributed by atoms with E-state index in [4.69, 9.17) is 4.74 Å². The van der Waals surface area contributed by atoms with Gasteiger partial charge in [-0.3, -0.25) is 9.80 Å². The molecule has 0 unspecified atom stereocenters. The molecular weight excluding hydrogens is 232 g/mol. The lowest BCUT2D eigenvalue weighted by Crippen LogP contribution is -2.42. The van der Waals surface area contributed by atoms with Gasteiger partial charge >= 0.3 is 0 Å². The molecule has 1 aromatic carbocycles. The number of hydrogen-bond donors (Lipinski definition) is 2. The Morgan fingerprint density at radius 1 is 1.39 bits per heavy atom. The average Bonchev–Trinajstić information content (AvgIpc) is 2.84. The number of carbonyl (C=O) groups excluding carboxylic acids is 1. The third-order valence-corrected chi connectivity index (χ3v) is 2.63. The highest BCUT2D eigenvalue weighted by Gasteiger charge is 2.15. The lowest BCUT2D eigenvalue weighted by Gasteiger charge is -2.16. The van der Waals surface area contributed by atoms with Crippen molar-refractivity contribution in [2.24, 2.45) is 5.10 Å². The Kier molecular flexibility index (Phi) is 3.78. The summed E-state index contributed by atoms with van der Waals surface area (Å²) in [7, 11) is 0. The zero-order valence-corrected chi connectivity index (χ0v) is 10.4. The fourth-order valence-corrected chi connectivity index (χ4v) is 1.58. The molecule has 0 radical (unpaired) electrons. The van der Waals surface area contributed by atoms with Crippen LogP contribution in [0.5, 0.6) is 5.75 Å². The highest BCUT2D eigenvalue weighted by Crippen LogP contribution is 2.12. The van der Waals surface area contributed by atoms with E-state index in [1.807, 2.05) is 11.9 Å². The molecule has 1 heterocycles. The number of hydrazine groups is 2. The van der Waals surface area contributed by atoms with Crippen LogP contribution < -0.4 is 15.8 Å². The van der Waals surface area contributed by atoms with Crippen LogP contribution in [-0.4, -0.2) is 29.8 Å². The fraction of sp³-hybridized carbons (Fsp3) is 0.333. The Bertz CT molecular complexity index is 456. The van der Waals surface area contributed by atoms with E-state index in [9.17, 15) is 4.79 Å². The van der Waals surface area contributed by atoms with Crippen LogP contribution in [-0.2, 0) is 0 Å². The number of nitrogens with zero attached hydrogens (tertiary/aromatic N) is 2. The monoisotopic (exact) mass is 248 g/mol. The van der Waals surface area contributed by atoms with Gasteiger partial charge in [0.15, 0.2) is 11.6 Å². The van der Waals surface area contributed by atoms with Crippen LogP contribution in [0.1, 0.15) is 24.2 Å². The molecule has 1 aromatic rings. The van der Waals surface area contributed by atoms with Crippen molar-refractivity contribution < 1.29 is 9.53 Å². The predicted octanol–water partition coefficient (Wildman–Crippen LogP) is 0.926. The molecule has 0 fully saturated rings. The minimum atomic E-state index is 0.0484. The maximum atomic E-state index is 11.1. The number of rotatable bonds is 5. The lowest BCUT2D eigenvalue weighted by atomic mass is 10.1. The third kappa shape index (κ3) is 2.78. The number of hydrogen-bond acceptors (Lipinski definition) is 6. The van der Waals surface area contributed by atoms with Crippen LogP contribution >= 0.6 is 0 Å². The van der Waals surface area contributed by atoms with Gasteiger partial charge in [-0.25, -0.2) is 5.53 Å². The number of amidine groups is 1. The highest BCUT2D eigenvalue weighted by molar-refractivity contribution is 5.94. The van der Waals surface area contributed by atoms with Gasteiger partial charge in [0, 0.05) is 12.1 Å². The molecular formula is C12H16N4O2. The Labute approximate surface area is 106 Å². The second-order valence-corrected chi connectivity index (χ2v) is 3.87. The Morgan fingerprint density at radius 3 is 2.72 bits per heavy atom. The summed E-state index contributed by atoms with van der Waals surface area (Å²) in [6.07, 6.45) is 0. The zero-order chi connectivity index (χ0) is 13.0. The molecule has 1 aliphatic heterocycles. The maximum Gasteiger partial charge on any atom is 0.180 e. The third-order valence-electron chi connectivity index (χ3n) is 2.63. The van der Waals surface area contributed by atoms with Crippen LogP contribution in [0, 0.1) is 0 Å². The first-order valence-corrected chi connectivity index (χ1v) is 5.79. The van der Waals surface area contributed by atoms with Crippen molar-refractivity contribution in [1.82, 2.24) is 16.1 Å². The van der Waals surface area contributed by atoms with Crippen molar-refractivity contribution in [3.05, 3.63) is 29.8 Å². The summed E-state index contributed by atoms with van der Waals surface area (Å²) in [4.78, 5) is 11.1. The second-order valence-electron chi connectivity index (χ2n) is 3.87. The molecule has 96 valence electrons. The van der Waals surface area contributed by atoms with Gasteiger partial charge in [0.1, 0.15) is 12.4 Å². The first-order valence-electron chi connectivity index (χ1n) is 5.79. The summed E-state index contributed by atoms with van der Waals surface area (Å²) >= 11 is 0. The summed E-state index contributed by atoms with van der Waals surface area (Å²) in [5, 5.41) is 5.90. The van der Waals surface area contributed by atoms with Crippen molar-refractivity contribution in [3.8, 4) is 5.75 Å². The van der Waals surface area contributed by atoms with Gasteiger partial charge in [0.2, 0.25) is 0 Å². The molecule has 0 atom stereocenters. The van der Waals surface area contributed by atoms with Crippen LogP contribution in [0.4, 0.5) is 0 Å². The first kappa shape index (κ1) is 12.4. The Balaban J connectivity index is 1.92. The number of ketones is 1. The molecule has 6 heteroatoms. The summed E-state index contributed by atoms with van der Waals surface area (Å²) in [6, 6.07) is 7.07. The standard InChI is InChI=1S/C12H16N4O2/c1-3-16-12(13-14-15-16)8-18-11-6-4-10(5-7-11)9(2)17/h4-7,14-15H,3,8H2,1-2H3. The number of nitrogens with one attached hydrogen (secondary N) is 2. The van der Waals surface area contributed by atoms with E-state index >= 15 is 0 Å². The largest absolute Gasteiger partial charge is 0.486 e. The van der Waals surface area contributed by atoms with Crippen molar-refractivity contribution in [2.75, 3.05) is 13.2 Å². The predicted molar refractivity (Wildman–Crippen MR) is 68.0 cm³/mol. The lowest BCUT2D eigenvalue weighted by molar-refractivity contribution is 0.101. The molecule has 2 rings (SSSR count). The zero-order valence-electron chi connectivity index (χ0n) is 10.4. The molecule has 0 saturated carbocycles. The van der Waals surface area contributed by atoms with E-state index in [0.29, 0.717) is 17.9 Å². The van der Waals surface area contributed by atoms with Crippen molar-refractivity contribution >= 4 is 11.6 Å². The van der Waals surface area contributed by atoms with Gasteiger partial charge in [0.25, 0.3) is 0 Å². The van der Waals surface area contributed by atoms with Gasteiger partial charge in [0.05, 0.1) is 0 Å². The normalized spacial score (nSPS) is 14.1. The topological polar surface area (TPSA) is 66.0 Å². The SMILES string of the molecule is CCN1NNN=C1COc1ccc(C(C)=O)cc1. The van der Waals surface area contributed by atoms with E-state index in [1.54, 1.807) is 31.2 Å². The van der Waals surface area contributed by atoms with Crippen molar-refractivity contribution in [1.29, 1.82) is 0 Å². The quantitative estimate of drug-likeness (QED) is 0.759. The molecule has 0 aliphatic carbocycles. The van der Waals surface area contributed by atoms with E-state index < -0.39 is 0 Å². The molecule has 2 N–H and O–H groups in total. The van der Waals surface area contributed by atoms with E-state index in [1.165, 1.54) is 0 Å². The van der Waals surface area contributed by atoms with E-state index in [2.05, 4.69) is 16.2 Å². The van der Waals surface area contributed by atoms with Gasteiger partial charge in [-0.15, -0.1) is 10.6 Å². The van der Waals surface area contributed by atoms with E-state index in [0.717, 1.165) is 12.4 Å². The number of benzene rings is 1. The molecule has 0 bridgehead atoms. The van der Waals surface area contributed by atoms with Crippen LogP contribution in [0.15, 0.2) is 29.4 Å². The molecule has 0 saturated heterocycles. The molecule has 0 spiro atoms. The molecule has 6 nitrogen and oxygen atoms in total. The summed E-state index contributed by atoms with van der Waals surface area (Å²) in [5.41, 5.74) is 6.22. The summed E-state index contributed by atoms with van der Waals surface area (Å²) in [5.74, 6) is 1.55. The Hall–Kier alpha value is -2.08. The number of carbonyl (C=O) groups is 1. The summed E-state index contributed by atoms with van der Waals surface area (Å²) < 4.78 is 5.59. The van der Waals surface area contributed by atoms with Gasteiger partial charge in [-0.05, 0) is 38.1 Å². The number of hydrazone groups is 1. The molecule has 1 aliphatic rings. The number of Topliss-reactive ketones (excluding diaryl/α,β-unsaturated/α-hetero) is 1. The van der Waals surface area contributed by atoms with E-state index in [-0.39, 0.29) is 5.78 Å². The number of likely N-dealkylation sites (N-methyl/N-ethyl adjacent to an activating group) is 1. The molecule has 0 aromatic heterocycles.